The van der Waals surface area contributed by atoms with Crippen LogP contribution in [0, 0.1) is 17.8 Å². The number of rotatable bonds is 15. The van der Waals surface area contributed by atoms with Gasteiger partial charge in [-0.3, -0.25) is 19.3 Å². The molecule has 0 radical (unpaired) electrons. The zero-order valence-corrected chi connectivity index (χ0v) is 30.0. The fraction of sp³-hybridized carbons (Fsp3) is 0.848. The number of methoxy groups -OCH3 is 2. The first-order chi connectivity index (χ1) is 21.2. The van der Waals surface area contributed by atoms with Gasteiger partial charge in [0.05, 0.1) is 31.5 Å². The Kier molecular flexibility index (Phi) is 13.2. The van der Waals surface area contributed by atoms with Gasteiger partial charge in [0.15, 0.2) is 5.54 Å². The third kappa shape index (κ3) is 8.20. The molecule has 0 aromatic carbocycles. The number of hydrogen-bond acceptors (Lipinski definition) is 8. The largest absolute Gasteiger partial charge is 0.481 e. The first kappa shape index (κ1) is 39.4. The molecule has 0 aromatic heterocycles. The Morgan fingerprint density at radius 2 is 1.70 bits per heavy atom. The summed E-state index contributed by atoms with van der Waals surface area (Å²) < 4.78 is 17.0. The number of nitrogens with zero attached hydrogens (tertiary/aromatic N) is 3. The van der Waals surface area contributed by atoms with E-state index < -0.39 is 53.3 Å². The average Bonchev–Trinajstić information content (AvgIpc) is 3.34. The van der Waals surface area contributed by atoms with E-state index in [0.29, 0.717) is 19.5 Å². The summed E-state index contributed by atoms with van der Waals surface area (Å²) in [4.78, 5) is 68.4. The van der Waals surface area contributed by atoms with Crippen molar-refractivity contribution in [3.05, 3.63) is 0 Å². The smallest absolute Gasteiger partial charge is 0.410 e. The molecule has 2 aliphatic heterocycles. The van der Waals surface area contributed by atoms with E-state index in [1.54, 1.807) is 39.7 Å². The summed E-state index contributed by atoms with van der Waals surface area (Å²) >= 11 is 0. The molecule has 2 heterocycles. The Morgan fingerprint density at radius 1 is 1.09 bits per heavy atom. The maximum atomic E-state index is 13.9. The SMILES string of the molecule is CC[C@H](C)[C@@]1([C@@H](CC(=O)N2CCC[C@H]2[C@H](OC)[C@@H](C)C(=O)O)OC)C[N+]1(C)C(=O)CNC(=O)[C@H](C(C)C)N(C)C(=O)OC(C)(C)C. The van der Waals surface area contributed by atoms with Gasteiger partial charge in [0.2, 0.25) is 11.8 Å². The summed E-state index contributed by atoms with van der Waals surface area (Å²) in [7, 11) is 6.34. The van der Waals surface area contributed by atoms with Crippen molar-refractivity contribution in [1.29, 1.82) is 0 Å². The minimum Gasteiger partial charge on any atom is -0.481 e. The van der Waals surface area contributed by atoms with Crippen molar-refractivity contribution in [2.45, 2.75) is 117 Å². The Balaban J connectivity index is 2.23. The summed E-state index contributed by atoms with van der Waals surface area (Å²) in [5, 5.41) is 12.4. The van der Waals surface area contributed by atoms with Gasteiger partial charge in [-0.15, -0.1) is 0 Å². The minimum atomic E-state index is -0.982. The number of aliphatic carboxylic acids is 1. The zero-order chi connectivity index (χ0) is 35.4. The molecule has 13 heteroatoms. The molecule has 0 saturated carbocycles. The molecule has 46 heavy (non-hydrogen) atoms. The van der Waals surface area contributed by atoms with Crippen molar-refractivity contribution in [2.75, 3.05) is 47.9 Å². The minimum absolute atomic E-state index is 0.00440. The number of amides is 4. The molecule has 8 atom stereocenters. The van der Waals surface area contributed by atoms with Crippen LogP contribution in [0.15, 0.2) is 0 Å². The van der Waals surface area contributed by atoms with Crippen LogP contribution in [0.2, 0.25) is 0 Å². The van der Waals surface area contributed by atoms with E-state index in [4.69, 9.17) is 14.2 Å². The maximum Gasteiger partial charge on any atom is 0.410 e. The lowest BCUT2D eigenvalue weighted by atomic mass is 9.83. The van der Waals surface area contributed by atoms with Gasteiger partial charge < -0.3 is 29.5 Å². The molecule has 4 amide bonds. The molecule has 0 bridgehead atoms. The molecule has 0 aliphatic carbocycles. The Bertz CT molecular complexity index is 1120. The van der Waals surface area contributed by atoms with Crippen molar-refractivity contribution in [1.82, 2.24) is 15.1 Å². The normalized spacial score (nSPS) is 26.1. The molecule has 1 unspecified atom stereocenters. The van der Waals surface area contributed by atoms with Crippen LogP contribution in [0.1, 0.15) is 81.1 Å². The number of carbonyl (C=O) groups is 5. The van der Waals surface area contributed by atoms with Crippen LogP contribution < -0.4 is 5.32 Å². The first-order valence-corrected chi connectivity index (χ1v) is 16.4. The van der Waals surface area contributed by atoms with Gasteiger partial charge in [0.1, 0.15) is 30.8 Å². The van der Waals surface area contributed by atoms with Crippen LogP contribution in [0.25, 0.3) is 0 Å². The zero-order valence-electron chi connectivity index (χ0n) is 30.0. The fourth-order valence-corrected chi connectivity index (χ4v) is 7.36. The van der Waals surface area contributed by atoms with Crippen LogP contribution in [0.4, 0.5) is 4.79 Å². The first-order valence-electron chi connectivity index (χ1n) is 16.4. The van der Waals surface area contributed by atoms with Crippen molar-refractivity contribution < 1.29 is 47.8 Å². The molecule has 264 valence electrons. The van der Waals surface area contributed by atoms with Gasteiger partial charge >= 0.3 is 18.0 Å². The molecule has 2 rings (SSSR count). The lowest BCUT2D eigenvalue weighted by molar-refractivity contribution is -0.736. The van der Waals surface area contributed by atoms with Crippen molar-refractivity contribution in [3.8, 4) is 0 Å². The standard InChI is InChI=1S/C33H58N4O9/c1-13-21(4)33(24(44-11)17-25(38)36-16-14-15-23(36)28(45-12)22(5)30(41)42)19-37(33,10)26(39)18-34-29(40)27(20(2)3)35(9)31(43)46-32(6,7)8/h20-24,27-28H,13-19H2,1-12H3,(H-,34,40,41,42)/p+1/t21-,22+,23-,24+,27-,28+,33+,37?/m0/s1. The number of carboxylic acids is 1. The number of carboxylic acid groups (broad SMARTS) is 1. The molecule has 2 saturated heterocycles. The third-order valence-electron chi connectivity index (χ3n) is 10.2. The highest BCUT2D eigenvalue weighted by molar-refractivity contribution is 5.88. The second kappa shape index (κ2) is 15.4. The van der Waals surface area contributed by atoms with Gasteiger partial charge in [-0.25, -0.2) is 14.1 Å². The molecule has 2 aliphatic rings. The van der Waals surface area contributed by atoms with Crippen molar-refractivity contribution >= 4 is 29.8 Å². The number of hydrogen-bond donors (Lipinski definition) is 2. The third-order valence-corrected chi connectivity index (χ3v) is 10.2. The summed E-state index contributed by atoms with van der Waals surface area (Å²) in [6.07, 6.45) is 0.275. The number of ether oxygens (including phenoxy) is 3. The lowest BCUT2D eigenvalue weighted by Crippen LogP contribution is -2.56. The molecule has 13 nitrogen and oxygen atoms in total. The highest BCUT2D eigenvalue weighted by Crippen LogP contribution is 2.52. The van der Waals surface area contributed by atoms with Crippen LogP contribution in [-0.2, 0) is 33.4 Å². The van der Waals surface area contributed by atoms with E-state index in [9.17, 15) is 29.1 Å². The molecular weight excluding hydrogens is 596 g/mol. The van der Waals surface area contributed by atoms with Crippen molar-refractivity contribution in [3.63, 3.8) is 0 Å². The number of nitrogens with one attached hydrogen (secondary N) is 1. The van der Waals surface area contributed by atoms with Crippen LogP contribution in [-0.4, -0.2) is 133 Å². The predicted octanol–water partition coefficient (Wildman–Crippen LogP) is 2.90. The summed E-state index contributed by atoms with van der Waals surface area (Å²) in [5.41, 5.74) is -1.43. The monoisotopic (exact) mass is 655 g/mol. The topological polar surface area (TPSA) is 152 Å². The molecule has 0 spiro atoms. The Labute approximate surface area is 274 Å². The maximum absolute atomic E-state index is 13.9. The lowest BCUT2D eigenvalue weighted by Gasteiger charge is -2.35. The van der Waals surface area contributed by atoms with Gasteiger partial charge in [0, 0.05) is 33.7 Å². The highest BCUT2D eigenvalue weighted by Gasteiger charge is 2.77. The van der Waals surface area contributed by atoms with E-state index in [-0.39, 0.29) is 47.1 Å². The summed E-state index contributed by atoms with van der Waals surface area (Å²) in [6, 6.07) is -1.22. The molecular formula is C33H59N4O9+. The van der Waals surface area contributed by atoms with Crippen molar-refractivity contribution in [2.24, 2.45) is 17.8 Å². The second-order valence-electron chi connectivity index (χ2n) is 14.6. The van der Waals surface area contributed by atoms with Crippen LogP contribution in [0.5, 0.6) is 0 Å². The van der Waals surface area contributed by atoms with Gasteiger partial charge in [-0.2, -0.15) is 0 Å². The van der Waals surface area contributed by atoms with Gasteiger partial charge in [0.25, 0.3) is 0 Å². The molecule has 0 aromatic rings. The highest BCUT2D eigenvalue weighted by atomic mass is 16.6. The quantitative estimate of drug-likeness (QED) is 0.200. The van der Waals surface area contributed by atoms with Gasteiger partial charge in [-0.05, 0) is 52.9 Å². The van der Waals surface area contributed by atoms with Crippen LogP contribution in [0.3, 0.4) is 0 Å². The summed E-state index contributed by atoms with van der Waals surface area (Å²) in [5.74, 6) is -2.86. The number of likely N-dealkylation sites (N-methyl/N-ethyl adjacent to an activating group) is 2. The van der Waals surface area contributed by atoms with E-state index >= 15 is 0 Å². The van der Waals surface area contributed by atoms with E-state index in [0.717, 1.165) is 12.8 Å². The number of quaternary nitrogens is 1. The fourth-order valence-electron chi connectivity index (χ4n) is 7.36. The summed E-state index contributed by atoms with van der Waals surface area (Å²) in [6.45, 7) is 15.2. The average molecular weight is 656 g/mol. The van der Waals surface area contributed by atoms with E-state index in [1.807, 2.05) is 34.7 Å². The second-order valence-corrected chi connectivity index (χ2v) is 14.6. The molecule has 2 fully saturated rings. The van der Waals surface area contributed by atoms with Crippen LogP contribution >= 0.6 is 0 Å². The van der Waals surface area contributed by atoms with E-state index in [1.165, 1.54) is 19.1 Å². The number of carbonyl (C=O) groups excluding carboxylic acids is 4. The Hall–Kier alpha value is -2.77. The predicted molar refractivity (Wildman–Crippen MR) is 172 cm³/mol. The number of likely N-dealkylation sites (tertiary alicyclic amines) is 1. The molecule has 2 N–H and O–H groups in total. The van der Waals surface area contributed by atoms with E-state index in [2.05, 4.69) is 5.32 Å². The Morgan fingerprint density at radius 3 is 2.17 bits per heavy atom. The van der Waals surface area contributed by atoms with Gasteiger partial charge in [-0.1, -0.05) is 27.7 Å².